The molecule has 4 heteroatoms. The van der Waals surface area contributed by atoms with Crippen molar-refractivity contribution in [1.29, 1.82) is 0 Å². The molecule has 0 unspecified atom stereocenters. The van der Waals surface area contributed by atoms with Gasteiger partial charge in [0, 0.05) is 6.54 Å². The summed E-state index contributed by atoms with van der Waals surface area (Å²) in [7, 11) is 0. The van der Waals surface area contributed by atoms with E-state index in [1.165, 1.54) is 25.3 Å². The van der Waals surface area contributed by atoms with E-state index >= 15 is 0 Å². The van der Waals surface area contributed by atoms with Crippen LogP contribution in [-0.2, 0) is 11.3 Å². The van der Waals surface area contributed by atoms with E-state index in [1.807, 2.05) is 18.2 Å². The smallest absolute Gasteiger partial charge is 0.338 e. The van der Waals surface area contributed by atoms with Crippen LogP contribution in [0.25, 0.3) is 11.1 Å². The molecule has 0 radical (unpaired) electrons. The molecule has 25 heavy (non-hydrogen) atoms. The zero-order chi connectivity index (χ0) is 17.6. The summed E-state index contributed by atoms with van der Waals surface area (Å²) in [6, 6.07) is 12.2. The third-order valence-electron chi connectivity index (χ3n) is 4.59. The minimum atomic E-state index is -0.312. The van der Waals surface area contributed by atoms with E-state index < -0.39 is 0 Å². The Kier molecular flexibility index (Phi) is 5.82. The predicted molar refractivity (Wildman–Crippen MR) is 96.9 cm³/mol. The summed E-state index contributed by atoms with van der Waals surface area (Å²) >= 11 is 0. The van der Waals surface area contributed by atoms with Crippen molar-refractivity contribution in [3.63, 3.8) is 0 Å². The van der Waals surface area contributed by atoms with E-state index in [9.17, 15) is 9.18 Å². The molecule has 1 heterocycles. The van der Waals surface area contributed by atoms with Gasteiger partial charge >= 0.3 is 5.97 Å². The number of benzene rings is 2. The highest BCUT2D eigenvalue weighted by Crippen LogP contribution is 2.28. The van der Waals surface area contributed by atoms with Gasteiger partial charge in [-0.3, -0.25) is 4.90 Å². The maximum Gasteiger partial charge on any atom is 0.338 e. The van der Waals surface area contributed by atoms with E-state index in [2.05, 4.69) is 4.90 Å². The molecule has 2 aromatic carbocycles. The van der Waals surface area contributed by atoms with Crippen molar-refractivity contribution in [3.8, 4) is 11.1 Å². The second-order valence-corrected chi connectivity index (χ2v) is 6.44. The van der Waals surface area contributed by atoms with Gasteiger partial charge in [-0.25, -0.2) is 9.18 Å². The lowest BCUT2D eigenvalue weighted by molar-refractivity contribution is 0.0526. The lowest BCUT2D eigenvalue weighted by Gasteiger charge is -2.27. The molecular weight excluding hydrogens is 317 g/mol. The summed E-state index contributed by atoms with van der Waals surface area (Å²) in [5.74, 6) is -0.566. The molecule has 132 valence electrons. The van der Waals surface area contributed by atoms with Crippen LogP contribution in [0.2, 0.25) is 0 Å². The van der Waals surface area contributed by atoms with Gasteiger partial charge in [-0.15, -0.1) is 0 Å². The second-order valence-electron chi connectivity index (χ2n) is 6.44. The Morgan fingerprint density at radius 3 is 2.64 bits per heavy atom. The van der Waals surface area contributed by atoms with Crippen LogP contribution in [0.5, 0.6) is 0 Å². The Labute approximate surface area is 148 Å². The van der Waals surface area contributed by atoms with Gasteiger partial charge in [0.1, 0.15) is 5.82 Å². The minimum absolute atomic E-state index is 0.254. The van der Waals surface area contributed by atoms with E-state index in [-0.39, 0.29) is 11.8 Å². The van der Waals surface area contributed by atoms with Gasteiger partial charge in [-0.2, -0.15) is 0 Å². The molecule has 2 aromatic rings. The second kappa shape index (κ2) is 8.26. The molecule has 1 aliphatic heterocycles. The lowest BCUT2D eigenvalue weighted by atomic mass is 9.96. The number of halogens is 1. The Morgan fingerprint density at radius 2 is 1.92 bits per heavy atom. The highest BCUT2D eigenvalue weighted by Gasteiger charge is 2.16. The molecule has 0 bridgehead atoms. The van der Waals surface area contributed by atoms with Gasteiger partial charge in [0.05, 0.1) is 12.2 Å². The summed E-state index contributed by atoms with van der Waals surface area (Å²) in [5.41, 5.74) is 3.40. The highest BCUT2D eigenvalue weighted by molar-refractivity contribution is 5.90. The number of likely N-dealkylation sites (tertiary alicyclic amines) is 1. The monoisotopic (exact) mass is 341 g/mol. The van der Waals surface area contributed by atoms with Crippen LogP contribution in [0.1, 0.15) is 42.1 Å². The SMILES string of the molecule is CCOC(=O)c1ccc(-c2cccc(F)c2)c(CN2CCCCC2)c1. The van der Waals surface area contributed by atoms with Crippen molar-refractivity contribution < 1.29 is 13.9 Å². The average Bonchev–Trinajstić information content (AvgIpc) is 2.63. The predicted octanol–water partition coefficient (Wildman–Crippen LogP) is 4.66. The zero-order valence-electron chi connectivity index (χ0n) is 14.6. The summed E-state index contributed by atoms with van der Waals surface area (Å²) in [4.78, 5) is 14.5. The van der Waals surface area contributed by atoms with Crippen LogP contribution in [0.3, 0.4) is 0 Å². The Hall–Kier alpha value is -2.20. The van der Waals surface area contributed by atoms with Gasteiger partial charge in [0.15, 0.2) is 0 Å². The van der Waals surface area contributed by atoms with Crippen molar-refractivity contribution >= 4 is 5.97 Å². The molecule has 3 nitrogen and oxygen atoms in total. The third kappa shape index (κ3) is 4.45. The molecule has 1 aliphatic rings. The number of hydrogen-bond acceptors (Lipinski definition) is 3. The maximum absolute atomic E-state index is 13.7. The largest absolute Gasteiger partial charge is 0.462 e. The van der Waals surface area contributed by atoms with Crippen LogP contribution < -0.4 is 0 Å². The van der Waals surface area contributed by atoms with Crippen molar-refractivity contribution in [2.45, 2.75) is 32.7 Å². The number of carbonyl (C=O) groups excluding carboxylic acids is 1. The van der Waals surface area contributed by atoms with Gasteiger partial charge in [-0.05, 0) is 73.8 Å². The fourth-order valence-corrected chi connectivity index (χ4v) is 3.36. The van der Waals surface area contributed by atoms with E-state index in [4.69, 9.17) is 4.74 Å². The maximum atomic E-state index is 13.7. The molecule has 0 N–H and O–H groups in total. The quantitative estimate of drug-likeness (QED) is 0.741. The average molecular weight is 341 g/mol. The molecule has 0 atom stereocenters. The number of nitrogens with zero attached hydrogens (tertiary/aromatic N) is 1. The summed E-state index contributed by atoms with van der Waals surface area (Å²) in [5, 5.41) is 0. The minimum Gasteiger partial charge on any atom is -0.462 e. The van der Waals surface area contributed by atoms with E-state index in [0.717, 1.165) is 36.3 Å². The Bertz CT molecular complexity index is 738. The van der Waals surface area contributed by atoms with Crippen molar-refractivity contribution in [2.75, 3.05) is 19.7 Å². The molecule has 0 aromatic heterocycles. The van der Waals surface area contributed by atoms with Crippen molar-refractivity contribution in [1.82, 2.24) is 4.90 Å². The first kappa shape index (κ1) is 17.6. The molecular formula is C21H24FNO2. The molecule has 0 spiro atoms. The normalized spacial score (nSPS) is 15.1. The molecule has 0 amide bonds. The molecule has 0 aliphatic carbocycles. The number of carbonyl (C=O) groups is 1. The van der Waals surface area contributed by atoms with Crippen LogP contribution >= 0.6 is 0 Å². The van der Waals surface area contributed by atoms with Crippen molar-refractivity contribution in [2.24, 2.45) is 0 Å². The molecule has 1 fully saturated rings. The fraction of sp³-hybridized carbons (Fsp3) is 0.381. The third-order valence-corrected chi connectivity index (χ3v) is 4.59. The first-order chi connectivity index (χ1) is 12.2. The standard InChI is InChI=1S/C21H24FNO2/c1-2-25-21(24)17-9-10-20(16-7-6-8-19(22)14-16)18(13-17)15-23-11-4-3-5-12-23/h6-10,13-14H,2-5,11-12,15H2,1H3. The van der Waals surface area contributed by atoms with Crippen LogP contribution in [0, 0.1) is 5.82 Å². The molecule has 1 saturated heterocycles. The summed E-state index contributed by atoms with van der Waals surface area (Å²) < 4.78 is 18.8. The highest BCUT2D eigenvalue weighted by atomic mass is 19.1. The van der Waals surface area contributed by atoms with Crippen LogP contribution in [0.15, 0.2) is 42.5 Å². The van der Waals surface area contributed by atoms with Crippen molar-refractivity contribution in [3.05, 3.63) is 59.4 Å². The number of rotatable bonds is 5. The van der Waals surface area contributed by atoms with E-state index in [1.54, 1.807) is 25.1 Å². The Balaban J connectivity index is 1.96. The zero-order valence-corrected chi connectivity index (χ0v) is 14.6. The lowest BCUT2D eigenvalue weighted by Crippen LogP contribution is -2.29. The van der Waals surface area contributed by atoms with Gasteiger partial charge in [0.2, 0.25) is 0 Å². The topological polar surface area (TPSA) is 29.5 Å². The first-order valence-corrected chi connectivity index (χ1v) is 8.95. The van der Waals surface area contributed by atoms with Gasteiger partial charge in [-0.1, -0.05) is 24.6 Å². The van der Waals surface area contributed by atoms with E-state index in [0.29, 0.717) is 12.2 Å². The molecule has 0 saturated carbocycles. The summed E-state index contributed by atoms with van der Waals surface area (Å²) in [6.45, 7) is 5.04. The number of piperidine rings is 1. The van der Waals surface area contributed by atoms with Gasteiger partial charge < -0.3 is 4.74 Å². The molecule has 3 rings (SSSR count). The summed E-state index contributed by atoms with van der Waals surface area (Å²) in [6.07, 6.45) is 3.68. The fourth-order valence-electron chi connectivity index (χ4n) is 3.36. The Morgan fingerprint density at radius 1 is 1.12 bits per heavy atom. The van der Waals surface area contributed by atoms with Gasteiger partial charge in [0.25, 0.3) is 0 Å². The number of ether oxygens (including phenoxy) is 1. The number of esters is 1. The number of hydrogen-bond donors (Lipinski definition) is 0. The van der Waals surface area contributed by atoms with Crippen LogP contribution in [-0.4, -0.2) is 30.6 Å². The van der Waals surface area contributed by atoms with Crippen LogP contribution in [0.4, 0.5) is 4.39 Å². The first-order valence-electron chi connectivity index (χ1n) is 8.95.